The highest BCUT2D eigenvalue weighted by atomic mass is 79.9. The molecule has 6 rings (SSSR count). The molecule has 196 valence electrons. The smallest absolute Gasteiger partial charge is 0.164 e. The van der Waals surface area contributed by atoms with Gasteiger partial charge in [0.1, 0.15) is 23.9 Å². The standard InChI is InChI=1S/C27H30BrClN4O4/c1-27-24(33-8-4-3-5-9-33)14-35-25(27)23(13-36-27)37-22-12-20-17(11-21(22)34-2)26(31-15-30-20)32-16-6-7-18(28)19(29)10-16/h6-7,10-12,15,23-25H,3-5,8-9,13-14H2,1-2H3,(H,30,31,32)/t23-,24-,25?,27?/m1/s1. The summed E-state index contributed by atoms with van der Waals surface area (Å²) in [6.45, 7) is 5.51. The van der Waals surface area contributed by atoms with Gasteiger partial charge in [-0.05, 0) is 73.1 Å². The highest BCUT2D eigenvalue weighted by molar-refractivity contribution is 9.10. The lowest BCUT2D eigenvalue weighted by molar-refractivity contribution is -0.0480. The summed E-state index contributed by atoms with van der Waals surface area (Å²) >= 11 is 9.69. The Morgan fingerprint density at radius 1 is 1.11 bits per heavy atom. The molecule has 0 saturated carbocycles. The molecule has 0 aliphatic carbocycles. The van der Waals surface area contributed by atoms with Crippen molar-refractivity contribution in [3.05, 3.63) is 46.2 Å². The van der Waals surface area contributed by atoms with E-state index in [0.29, 0.717) is 35.6 Å². The number of benzene rings is 2. The van der Waals surface area contributed by atoms with Gasteiger partial charge < -0.3 is 24.3 Å². The monoisotopic (exact) mass is 588 g/mol. The Hall–Kier alpha value is -2.17. The van der Waals surface area contributed by atoms with Crippen molar-refractivity contribution in [3.63, 3.8) is 0 Å². The predicted molar refractivity (Wildman–Crippen MR) is 146 cm³/mol. The number of nitrogens with one attached hydrogen (secondary N) is 1. The zero-order chi connectivity index (χ0) is 25.6. The van der Waals surface area contributed by atoms with Gasteiger partial charge >= 0.3 is 0 Å². The van der Waals surface area contributed by atoms with Crippen molar-refractivity contribution in [2.24, 2.45) is 0 Å². The van der Waals surface area contributed by atoms with Crippen LogP contribution in [0.15, 0.2) is 41.1 Å². The summed E-state index contributed by atoms with van der Waals surface area (Å²) in [6.07, 6.45) is 4.91. The van der Waals surface area contributed by atoms with E-state index in [-0.39, 0.29) is 18.2 Å². The number of rotatable bonds is 6. The second-order valence-corrected chi connectivity index (χ2v) is 11.3. The van der Waals surface area contributed by atoms with E-state index in [9.17, 15) is 0 Å². The number of hydrogen-bond donors (Lipinski definition) is 1. The van der Waals surface area contributed by atoms with Gasteiger partial charge in [-0.3, -0.25) is 4.90 Å². The number of piperidine rings is 1. The maximum atomic E-state index is 6.51. The predicted octanol–water partition coefficient (Wildman–Crippen LogP) is 5.59. The van der Waals surface area contributed by atoms with Crippen LogP contribution >= 0.6 is 27.5 Å². The first-order chi connectivity index (χ1) is 18.0. The number of ether oxygens (including phenoxy) is 4. The lowest BCUT2D eigenvalue weighted by atomic mass is 9.90. The van der Waals surface area contributed by atoms with Crippen molar-refractivity contribution in [1.82, 2.24) is 14.9 Å². The van der Waals surface area contributed by atoms with Crippen LogP contribution in [0.1, 0.15) is 26.2 Å². The van der Waals surface area contributed by atoms with Gasteiger partial charge in [-0.15, -0.1) is 0 Å². The van der Waals surface area contributed by atoms with Gasteiger partial charge in [0, 0.05) is 21.6 Å². The molecule has 10 heteroatoms. The number of nitrogens with zero attached hydrogens (tertiary/aromatic N) is 3. The average molecular weight is 590 g/mol. The van der Waals surface area contributed by atoms with Crippen molar-refractivity contribution < 1.29 is 18.9 Å². The Labute approximate surface area is 229 Å². The molecule has 0 radical (unpaired) electrons. The average Bonchev–Trinajstić information content (AvgIpc) is 3.41. The zero-order valence-corrected chi connectivity index (χ0v) is 23.2. The molecule has 3 aliphatic rings. The molecule has 8 nitrogen and oxygen atoms in total. The van der Waals surface area contributed by atoms with E-state index in [1.807, 2.05) is 30.3 Å². The van der Waals surface area contributed by atoms with E-state index in [1.165, 1.54) is 25.6 Å². The minimum Gasteiger partial charge on any atom is -0.493 e. The quantitative estimate of drug-likeness (QED) is 0.399. The van der Waals surface area contributed by atoms with Gasteiger partial charge in [0.15, 0.2) is 17.6 Å². The number of fused-ring (bicyclic) bond motifs is 2. The van der Waals surface area contributed by atoms with Crippen LogP contribution in [0.25, 0.3) is 10.9 Å². The molecule has 2 aromatic carbocycles. The fourth-order valence-electron chi connectivity index (χ4n) is 5.80. The Balaban J connectivity index is 1.25. The van der Waals surface area contributed by atoms with Crippen molar-refractivity contribution in [3.8, 4) is 11.5 Å². The van der Waals surface area contributed by atoms with Crippen molar-refractivity contribution in [1.29, 1.82) is 0 Å². The number of halogens is 2. The second-order valence-electron chi connectivity index (χ2n) is 10.0. The van der Waals surface area contributed by atoms with Crippen LogP contribution in [0.5, 0.6) is 11.5 Å². The number of anilines is 2. The van der Waals surface area contributed by atoms with E-state index in [2.05, 4.69) is 43.0 Å². The van der Waals surface area contributed by atoms with Gasteiger partial charge in [-0.25, -0.2) is 9.97 Å². The summed E-state index contributed by atoms with van der Waals surface area (Å²) < 4.78 is 25.8. The molecule has 37 heavy (non-hydrogen) atoms. The zero-order valence-electron chi connectivity index (χ0n) is 20.9. The second kappa shape index (κ2) is 10.2. The summed E-state index contributed by atoms with van der Waals surface area (Å²) in [5.41, 5.74) is 1.16. The Morgan fingerprint density at radius 3 is 2.73 bits per heavy atom. The van der Waals surface area contributed by atoms with Crippen LogP contribution in [-0.4, -0.2) is 72.1 Å². The van der Waals surface area contributed by atoms with E-state index < -0.39 is 5.60 Å². The van der Waals surface area contributed by atoms with Crippen LogP contribution in [0.3, 0.4) is 0 Å². The summed E-state index contributed by atoms with van der Waals surface area (Å²) in [6, 6.07) is 9.69. The molecular formula is C27H30BrClN4O4. The van der Waals surface area contributed by atoms with Gasteiger partial charge in [0.2, 0.25) is 0 Å². The van der Waals surface area contributed by atoms with Crippen LogP contribution in [0.4, 0.5) is 11.5 Å². The minimum atomic E-state index is -0.392. The highest BCUT2D eigenvalue weighted by Gasteiger charge is 2.59. The van der Waals surface area contributed by atoms with Crippen LogP contribution in [0, 0.1) is 0 Å². The minimum absolute atomic E-state index is 0.149. The normalized spacial score (nSPS) is 27.8. The third-order valence-corrected chi connectivity index (χ3v) is 9.00. The van der Waals surface area contributed by atoms with E-state index in [0.717, 1.165) is 34.2 Å². The molecule has 0 bridgehead atoms. The number of hydrogen-bond acceptors (Lipinski definition) is 8. The summed E-state index contributed by atoms with van der Waals surface area (Å²) in [7, 11) is 1.63. The maximum absolute atomic E-state index is 6.51. The fourth-order valence-corrected chi connectivity index (χ4v) is 6.23. The molecule has 0 amide bonds. The molecule has 4 atom stereocenters. The van der Waals surface area contributed by atoms with Gasteiger partial charge in [-0.1, -0.05) is 18.0 Å². The van der Waals surface area contributed by atoms with Crippen LogP contribution in [0.2, 0.25) is 5.02 Å². The SMILES string of the molecule is COc1cc2c(Nc3ccc(Br)c(Cl)c3)ncnc2cc1O[C@@H]1COC2(C)C1OC[C@H]2N1CCCCC1. The molecule has 1 aromatic heterocycles. The molecule has 3 aromatic rings. The fraction of sp³-hybridized carbons (Fsp3) is 0.481. The maximum Gasteiger partial charge on any atom is 0.164 e. The van der Waals surface area contributed by atoms with Gasteiger partial charge in [-0.2, -0.15) is 0 Å². The van der Waals surface area contributed by atoms with Crippen molar-refractivity contribution >= 4 is 49.9 Å². The van der Waals surface area contributed by atoms with Crippen molar-refractivity contribution in [2.45, 2.75) is 50.0 Å². The summed E-state index contributed by atoms with van der Waals surface area (Å²) in [5, 5.41) is 4.75. The third kappa shape index (κ3) is 4.65. The van der Waals surface area contributed by atoms with E-state index in [4.69, 9.17) is 30.5 Å². The number of aromatic nitrogens is 2. The Morgan fingerprint density at radius 2 is 1.95 bits per heavy atom. The molecule has 3 aliphatic heterocycles. The molecule has 0 spiro atoms. The lowest BCUT2D eigenvalue weighted by Crippen LogP contribution is -2.54. The van der Waals surface area contributed by atoms with E-state index >= 15 is 0 Å². The first-order valence-electron chi connectivity index (χ1n) is 12.7. The topological polar surface area (TPSA) is 78.0 Å². The first-order valence-corrected chi connectivity index (χ1v) is 13.8. The third-order valence-electron chi connectivity index (χ3n) is 7.77. The van der Waals surface area contributed by atoms with Crippen molar-refractivity contribution in [2.75, 3.05) is 38.7 Å². The molecular weight excluding hydrogens is 560 g/mol. The molecule has 3 fully saturated rings. The number of methoxy groups -OCH3 is 1. The van der Waals surface area contributed by atoms with Crippen LogP contribution in [-0.2, 0) is 9.47 Å². The van der Waals surface area contributed by atoms with Gasteiger partial charge in [0.25, 0.3) is 0 Å². The van der Waals surface area contributed by atoms with Gasteiger partial charge in [0.05, 0.1) is 36.9 Å². The summed E-state index contributed by atoms with van der Waals surface area (Å²) in [5.74, 6) is 1.85. The lowest BCUT2D eigenvalue weighted by Gasteiger charge is -2.39. The van der Waals surface area contributed by atoms with Crippen LogP contribution < -0.4 is 14.8 Å². The summed E-state index contributed by atoms with van der Waals surface area (Å²) in [4.78, 5) is 11.5. The molecule has 1 N–H and O–H groups in total. The van der Waals surface area contributed by atoms with E-state index in [1.54, 1.807) is 7.11 Å². The Kier molecular flexibility index (Phi) is 6.92. The number of likely N-dealkylation sites (tertiary alicyclic amines) is 1. The Bertz CT molecular complexity index is 1310. The largest absolute Gasteiger partial charge is 0.493 e. The highest BCUT2D eigenvalue weighted by Crippen LogP contribution is 2.43. The molecule has 4 heterocycles. The molecule has 2 unspecified atom stereocenters. The first kappa shape index (κ1) is 25.1. The molecule has 3 saturated heterocycles.